The van der Waals surface area contributed by atoms with Crippen molar-refractivity contribution in [3.8, 4) is 0 Å². The molecule has 2 fully saturated rings. The SMILES string of the molecule is Cc1noc(C)c1CN1CCN(C(=O)[C@@H]2CNCCO2)CC1. The summed E-state index contributed by atoms with van der Waals surface area (Å²) < 4.78 is 10.8. The van der Waals surface area contributed by atoms with Gasteiger partial charge in [-0.2, -0.15) is 0 Å². The van der Waals surface area contributed by atoms with E-state index in [-0.39, 0.29) is 12.0 Å². The number of carbonyl (C=O) groups is 1. The van der Waals surface area contributed by atoms with Crippen molar-refractivity contribution in [2.45, 2.75) is 26.5 Å². The number of hydrogen-bond donors (Lipinski definition) is 1. The normalized spacial score (nSPS) is 23.7. The maximum Gasteiger partial charge on any atom is 0.253 e. The van der Waals surface area contributed by atoms with Crippen molar-refractivity contribution in [1.82, 2.24) is 20.3 Å². The number of morpholine rings is 1. The highest BCUT2D eigenvalue weighted by Gasteiger charge is 2.29. The minimum atomic E-state index is -0.317. The van der Waals surface area contributed by atoms with Crippen LogP contribution in [0.5, 0.6) is 0 Å². The maximum absolute atomic E-state index is 12.4. The first-order valence-electron chi connectivity index (χ1n) is 7.90. The number of carbonyl (C=O) groups excluding carboxylic acids is 1. The summed E-state index contributed by atoms with van der Waals surface area (Å²) in [7, 11) is 0. The number of amides is 1. The van der Waals surface area contributed by atoms with E-state index >= 15 is 0 Å². The lowest BCUT2D eigenvalue weighted by atomic mass is 10.1. The molecule has 1 amide bonds. The van der Waals surface area contributed by atoms with E-state index in [1.165, 1.54) is 5.56 Å². The number of ether oxygens (including phenoxy) is 1. The van der Waals surface area contributed by atoms with E-state index < -0.39 is 0 Å². The summed E-state index contributed by atoms with van der Waals surface area (Å²) >= 11 is 0. The molecule has 2 saturated heterocycles. The first-order chi connectivity index (χ1) is 10.6. The Labute approximate surface area is 130 Å². The van der Waals surface area contributed by atoms with Crippen molar-refractivity contribution in [1.29, 1.82) is 0 Å². The Kier molecular flexibility index (Phi) is 4.75. The van der Waals surface area contributed by atoms with Crippen molar-refractivity contribution in [3.05, 3.63) is 17.0 Å². The van der Waals surface area contributed by atoms with Crippen LogP contribution in [0.3, 0.4) is 0 Å². The van der Waals surface area contributed by atoms with E-state index in [1.54, 1.807) is 0 Å². The van der Waals surface area contributed by atoms with Crippen molar-refractivity contribution >= 4 is 5.91 Å². The molecule has 0 aromatic carbocycles. The number of rotatable bonds is 3. The van der Waals surface area contributed by atoms with Gasteiger partial charge in [0.15, 0.2) is 0 Å². The van der Waals surface area contributed by atoms with E-state index in [2.05, 4.69) is 15.4 Å². The third-order valence-corrected chi connectivity index (χ3v) is 4.45. The van der Waals surface area contributed by atoms with Crippen LogP contribution < -0.4 is 5.32 Å². The minimum absolute atomic E-state index is 0.115. The number of hydrogen-bond acceptors (Lipinski definition) is 6. The molecule has 0 bridgehead atoms. The van der Waals surface area contributed by atoms with Gasteiger partial charge in [0.05, 0.1) is 12.3 Å². The second kappa shape index (κ2) is 6.76. The van der Waals surface area contributed by atoms with Gasteiger partial charge in [-0.15, -0.1) is 0 Å². The molecule has 1 aromatic heterocycles. The van der Waals surface area contributed by atoms with E-state index in [0.29, 0.717) is 13.2 Å². The molecule has 2 aliphatic heterocycles. The Bertz CT molecular complexity index is 497. The molecule has 1 atom stereocenters. The van der Waals surface area contributed by atoms with E-state index in [4.69, 9.17) is 9.26 Å². The lowest BCUT2D eigenvalue weighted by Crippen LogP contribution is -2.54. The number of piperazine rings is 1. The van der Waals surface area contributed by atoms with E-state index in [1.807, 2.05) is 18.7 Å². The lowest BCUT2D eigenvalue weighted by molar-refractivity contribution is -0.147. The minimum Gasteiger partial charge on any atom is -0.366 e. The van der Waals surface area contributed by atoms with Crippen molar-refractivity contribution < 1.29 is 14.1 Å². The zero-order valence-corrected chi connectivity index (χ0v) is 13.3. The molecule has 22 heavy (non-hydrogen) atoms. The zero-order chi connectivity index (χ0) is 15.5. The van der Waals surface area contributed by atoms with Gasteiger partial charge in [-0.05, 0) is 13.8 Å². The van der Waals surface area contributed by atoms with Gasteiger partial charge in [-0.3, -0.25) is 9.69 Å². The smallest absolute Gasteiger partial charge is 0.253 e. The molecule has 3 rings (SSSR count). The van der Waals surface area contributed by atoms with Crippen molar-refractivity contribution in [3.63, 3.8) is 0 Å². The maximum atomic E-state index is 12.4. The van der Waals surface area contributed by atoms with E-state index in [0.717, 1.165) is 50.7 Å². The summed E-state index contributed by atoms with van der Waals surface area (Å²) in [4.78, 5) is 16.7. The molecule has 3 heterocycles. The summed E-state index contributed by atoms with van der Waals surface area (Å²) in [6.45, 7) is 10.1. The molecule has 7 heteroatoms. The zero-order valence-electron chi connectivity index (χ0n) is 13.3. The average Bonchev–Trinajstić information content (AvgIpc) is 2.88. The van der Waals surface area contributed by atoms with Gasteiger partial charge in [0.2, 0.25) is 0 Å². The molecule has 1 aromatic rings. The third kappa shape index (κ3) is 3.31. The largest absolute Gasteiger partial charge is 0.366 e. The van der Waals surface area contributed by atoms with Gasteiger partial charge in [0, 0.05) is 51.4 Å². The summed E-state index contributed by atoms with van der Waals surface area (Å²) in [6, 6.07) is 0. The summed E-state index contributed by atoms with van der Waals surface area (Å²) in [5, 5.41) is 7.20. The lowest BCUT2D eigenvalue weighted by Gasteiger charge is -2.37. The highest BCUT2D eigenvalue weighted by Crippen LogP contribution is 2.16. The first kappa shape index (κ1) is 15.5. The molecule has 0 saturated carbocycles. The Hall–Kier alpha value is -1.44. The standard InChI is InChI=1S/C15H24N4O3/c1-11-13(12(2)22-17-11)10-18-4-6-19(7-5-18)15(20)14-9-16-3-8-21-14/h14,16H,3-10H2,1-2H3/t14-/m0/s1. The van der Waals surface area contributed by atoms with Crippen LogP contribution in [0.15, 0.2) is 4.52 Å². The van der Waals surface area contributed by atoms with Gasteiger partial charge >= 0.3 is 0 Å². The van der Waals surface area contributed by atoms with Crippen LogP contribution in [-0.2, 0) is 16.1 Å². The summed E-state index contributed by atoms with van der Waals surface area (Å²) in [6.07, 6.45) is -0.317. The van der Waals surface area contributed by atoms with Gasteiger partial charge in [0.25, 0.3) is 5.91 Å². The van der Waals surface area contributed by atoms with Crippen molar-refractivity contribution in [2.75, 3.05) is 45.9 Å². The Morgan fingerprint density at radius 1 is 1.32 bits per heavy atom. The molecule has 1 N–H and O–H groups in total. The highest BCUT2D eigenvalue weighted by atomic mass is 16.5. The third-order valence-electron chi connectivity index (χ3n) is 4.45. The van der Waals surface area contributed by atoms with Crippen LogP contribution in [0, 0.1) is 13.8 Å². The van der Waals surface area contributed by atoms with E-state index in [9.17, 15) is 4.79 Å². The fourth-order valence-corrected chi connectivity index (χ4v) is 3.01. The Morgan fingerprint density at radius 3 is 2.68 bits per heavy atom. The molecule has 0 spiro atoms. The van der Waals surface area contributed by atoms with Gasteiger partial charge in [-0.1, -0.05) is 5.16 Å². The second-order valence-electron chi connectivity index (χ2n) is 5.97. The fraction of sp³-hybridized carbons (Fsp3) is 0.733. The van der Waals surface area contributed by atoms with Crippen molar-refractivity contribution in [2.24, 2.45) is 0 Å². The van der Waals surface area contributed by atoms with Crippen LogP contribution in [0.2, 0.25) is 0 Å². The number of aromatic nitrogens is 1. The topological polar surface area (TPSA) is 70.8 Å². The number of nitrogens with zero attached hydrogens (tertiary/aromatic N) is 3. The highest BCUT2D eigenvalue weighted by molar-refractivity contribution is 5.81. The molecule has 0 aliphatic carbocycles. The van der Waals surface area contributed by atoms with Gasteiger partial charge in [-0.25, -0.2) is 0 Å². The predicted molar refractivity (Wildman–Crippen MR) is 80.4 cm³/mol. The quantitative estimate of drug-likeness (QED) is 0.842. The predicted octanol–water partition coefficient (Wildman–Crippen LogP) is -0.0760. The van der Waals surface area contributed by atoms with Crippen LogP contribution in [0.25, 0.3) is 0 Å². The Morgan fingerprint density at radius 2 is 2.09 bits per heavy atom. The molecule has 122 valence electrons. The summed E-state index contributed by atoms with van der Waals surface area (Å²) in [5.74, 6) is 1.00. The van der Waals surface area contributed by atoms with Crippen LogP contribution in [-0.4, -0.2) is 72.8 Å². The molecule has 0 radical (unpaired) electrons. The number of aryl methyl sites for hydroxylation is 2. The van der Waals surface area contributed by atoms with Crippen LogP contribution in [0.4, 0.5) is 0 Å². The molecule has 2 aliphatic rings. The fourth-order valence-electron chi connectivity index (χ4n) is 3.01. The Balaban J connectivity index is 1.51. The second-order valence-corrected chi connectivity index (χ2v) is 5.97. The number of nitrogens with one attached hydrogen (secondary N) is 1. The molecular formula is C15H24N4O3. The van der Waals surface area contributed by atoms with Gasteiger partial charge in [0.1, 0.15) is 11.9 Å². The van der Waals surface area contributed by atoms with Crippen LogP contribution >= 0.6 is 0 Å². The first-order valence-corrected chi connectivity index (χ1v) is 7.90. The molecular weight excluding hydrogens is 284 g/mol. The molecule has 0 unspecified atom stereocenters. The average molecular weight is 308 g/mol. The summed E-state index contributed by atoms with van der Waals surface area (Å²) in [5.41, 5.74) is 2.12. The monoisotopic (exact) mass is 308 g/mol. The van der Waals surface area contributed by atoms with Gasteiger partial charge < -0.3 is 19.5 Å². The molecule has 7 nitrogen and oxygen atoms in total. The van der Waals surface area contributed by atoms with Crippen LogP contribution in [0.1, 0.15) is 17.0 Å².